The summed E-state index contributed by atoms with van der Waals surface area (Å²) < 4.78 is 0. The van der Waals surface area contributed by atoms with Crippen LogP contribution in [0.2, 0.25) is 0 Å². The van der Waals surface area contributed by atoms with Crippen LogP contribution >= 0.6 is 0 Å². The number of nitriles is 1. The summed E-state index contributed by atoms with van der Waals surface area (Å²) in [6, 6.07) is 19.0. The first-order chi connectivity index (χ1) is 16.4. The molecule has 2 aromatic rings. The van der Waals surface area contributed by atoms with Crippen LogP contribution in [-0.4, -0.2) is 14.1 Å². The molecule has 0 atom stereocenters. The molecule has 3 rings (SSSR count). The number of allylic oxidation sites excluding steroid dienone is 8. The monoisotopic (exact) mass is 445 g/mol. The average Bonchev–Trinajstić information content (AvgIpc) is 3.23. The Balaban J connectivity index is 1.81. The van der Waals surface area contributed by atoms with E-state index in [1.807, 2.05) is 38.4 Å². The summed E-state index contributed by atoms with van der Waals surface area (Å²) in [6.07, 6.45) is 13.9. The van der Waals surface area contributed by atoms with Gasteiger partial charge in [-0.05, 0) is 64.3 Å². The van der Waals surface area contributed by atoms with Crippen molar-refractivity contribution in [3.05, 3.63) is 123 Å². The van der Waals surface area contributed by atoms with Gasteiger partial charge in [-0.1, -0.05) is 86.7 Å². The summed E-state index contributed by atoms with van der Waals surface area (Å²) in [6.45, 7) is 11.9. The first-order valence-corrected chi connectivity index (χ1v) is 11.6. The molecule has 0 bridgehead atoms. The second-order valence-corrected chi connectivity index (χ2v) is 8.86. The Hall–Kier alpha value is -4.08. The molecule has 0 aromatic heterocycles. The molecule has 0 N–H and O–H groups in total. The molecule has 0 heterocycles. The minimum absolute atomic E-state index is 0.161. The van der Waals surface area contributed by atoms with Gasteiger partial charge in [0.25, 0.3) is 5.70 Å². The molecule has 3 heteroatoms. The van der Waals surface area contributed by atoms with Gasteiger partial charge >= 0.3 is 0 Å². The van der Waals surface area contributed by atoms with Crippen LogP contribution in [0.3, 0.4) is 0 Å². The van der Waals surface area contributed by atoms with Crippen molar-refractivity contribution in [2.75, 3.05) is 19.0 Å². The molecule has 0 radical (unpaired) electrons. The Morgan fingerprint density at radius 2 is 1.41 bits per heavy atom. The third-order valence-corrected chi connectivity index (χ3v) is 5.95. The van der Waals surface area contributed by atoms with E-state index in [1.54, 1.807) is 0 Å². The summed E-state index contributed by atoms with van der Waals surface area (Å²) in [7, 11) is 4.05. The molecular formula is C31H31N3. The Morgan fingerprint density at radius 3 is 1.82 bits per heavy atom. The van der Waals surface area contributed by atoms with Gasteiger partial charge in [-0.2, -0.15) is 0 Å². The Morgan fingerprint density at radius 1 is 0.912 bits per heavy atom. The number of nitrogens with zero attached hydrogens (tertiary/aromatic N) is 3. The standard InChI is InChI=1S/C31H31N3/c1-23(2)26-16-12-24(13-17-26)8-6-10-27-18-19-28(31(27)30(22-32)33-3)11-7-9-25-14-20-29(21-15-25)34(4)5/h6-17,20-21,23H,18-19H2,1-2,4-5H3. The fourth-order valence-electron chi connectivity index (χ4n) is 3.93. The molecule has 1 saturated carbocycles. The first kappa shape index (κ1) is 24.6. The third kappa shape index (κ3) is 6.25. The maximum atomic E-state index is 9.55. The van der Waals surface area contributed by atoms with Crippen molar-refractivity contribution < 1.29 is 0 Å². The van der Waals surface area contributed by atoms with E-state index in [4.69, 9.17) is 6.57 Å². The molecule has 0 saturated heterocycles. The highest BCUT2D eigenvalue weighted by atomic mass is 15.1. The smallest absolute Gasteiger partial charge is 0.269 e. The van der Waals surface area contributed by atoms with Crippen LogP contribution in [0.25, 0.3) is 17.0 Å². The van der Waals surface area contributed by atoms with E-state index in [2.05, 4.69) is 90.3 Å². The zero-order valence-electron chi connectivity index (χ0n) is 20.4. The molecule has 0 unspecified atom stereocenters. The number of hydrogen-bond acceptors (Lipinski definition) is 2. The normalized spacial score (nSPS) is 17.6. The van der Waals surface area contributed by atoms with Crippen molar-refractivity contribution in [2.45, 2.75) is 32.6 Å². The van der Waals surface area contributed by atoms with Crippen LogP contribution in [0.4, 0.5) is 5.69 Å². The zero-order valence-corrected chi connectivity index (χ0v) is 20.4. The highest BCUT2D eigenvalue weighted by molar-refractivity contribution is 5.63. The minimum Gasteiger partial charge on any atom is -0.378 e. The van der Waals surface area contributed by atoms with Gasteiger partial charge in [-0.15, -0.1) is 0 Å². The van der Waals surface area contributed by atoms with Gasteiger partial charge in [-0.3, -0.25) is 0 Å². The molecular weight excluding hydrogens is 414 g/mol. The van der Waals surface area contributed by atoms with Gasteiger partial charge in [0.15, 0.2) is 0 Å². The summed E-state index contributed by atoms with van der Waals surface area (Å²) in [5, 5.41) is 9.55. The van der Waals surface area contributed by atoms with Crippen LogP contribution < -0.4 is 4.90 Å². The maximum absolute atomic E-state index is 9.55. The van der Waals surface area contributed by atoms with Crippen molar-refractivity contribution in [1.82, 2.24) is 0 Å². The number of benzene rings is 2. The van der Waals surface area contributed by atoms with E-state index in [0.717, 1.165) is 46.4 Å². The molecule has 1 aliphatic carbocycles. The van der Waals surface area contributed by atoms with Gasteiger partial charge in [-0.25, -0.2) is 10.1 Å². The molecule has 0 aliphatic heterocycles. The van der Waals surface area contributed by atoms with E-state index < -0.39 is 0 Å². The summed E-state index contributed by atoms with van der Waals surface area (Å²) >= 11 is 0. The predicted octanol–water partition coefficient (Wildman–Crippen LogP) is 7.95. The quantitative estimate of drug-likeness (QED) is 0.334. The van der Waals surface area contributed by atoms with Gasteiger partial charge in [0.2, 0.25) is 0 Å². The van der Waals surface area contributed by atoms with Crippen molar-refractivity contribution in [3.63, 3.8) is 0 Å². The van der Waals surface area contributed by atoms with Gasteiger partial charge in [0.1, 0.15) is 0 Å². The molecule has 170 valence electrons. The van der Waals surface area contributed by atoms with E-state index in [1.165, 1.54) is 5.56 Å². The van der Waals surface area contributed by atoms with E-state index in [9.17, 15) is 5.26 Å². The summed E-state index contributed by atoms with van der Waals surface area (Å²) in [4.78, 5) is 5.58. The molecule has 2 aromatic carbocycles. The van der Waals surface area contributed by atoms with E-state index in [-0.39, 0.29) is 5.70 Å². The minimum atomic E-state index is 0.161. The lowest BCUT2D eigenvalue weighted by Crippen LogP contribution is -2.07. The largest absolute Gasteiger partial charge is 0.378 e. The van der Waals surface area contributed by atoms with Gasteiger partial charge in [0.05, 0.1) is 12.6 Å². The molecule has 0 spiro atoms. The first-order valence-electron chi connectivity index (χ1n) is 11.6. The molecule has 34 heavy (non-hydrogen) atoms. The lowest BCUT2D eigenvalue weighted by molar-refractivity contribution is 0.866. The molecule has 3 nitrogen and oxygen atoms in total. The highest BCUT2D eigenvalue weighted by Gasteiger charge is 2.22. The average molecular weight is 446 g/mol. The predicted molar refractivity (Wildman–Crippen MR) is 144 cm³/mol. The summed E-state index contributed by atoms with van der Waals surface area (Å²) in [5.74, 6) is 0.515. The Labute approximate surface area is 204 Å². The molecule has 1 fully saturated rings. The number of rotatable bonds is 6. The number of hydrogen-bond donors (Lipinski definition) is 0. The van der Waals surface area contributed by atoms with Crippen LogP contribution in [0, 0.1) is 17.9 Å². The van der Waals surface area contributed by atoms with Gasteiger partial charge in [0, 0.05) is 19.8 Å². The fraction of sp³-hybridized carbons (Fsp3) is 0.226. The topological polar surface area (TPSA) is 31.4 Å². The number of anilines is 1. The van der Waals surface area contributed by atoms with Crippen LogP contribution in [-0.2, 0) is 0 Å². The second kappa shape index (κ2) is 11.7. The van der Waals surface area contributed by atoms with Crippen molar-refractivity contribution in [2.24, 2.45) is 0 Å². The molecule has 0 amide bonds. The SMILES string of the molecule is [C-]#[N+]C(C#N)=C1C(=CC=Cc2ccc(C(C)C)cc2)CCC1=CC=Cc1ccc(N(C)C)cc1. The highest BCUT2D eigenvalue weighted by Crippen LogP contribution is 2.38. The van der Waals surface area contributed by atoms with Crippen molar-refractivity contribution in [1.29, 1.82) is 5.26 Å². The van der Waals surface area contributed by atoms with Crippen LogP contribution in [0.1, 0.15) is 49.3 Å². The summed E-state index contributed by atoms with van der Waals surface area (Å²) in [5.41, 5.74) is 7.74. The lowest BCUT2D eigenvalue weighted by Gasteiger charge is -2.11. The van der Waals surface area contributed by atoms with Crippen molar-refractivity contribution in [3.8, 4) is 6.07 Å². The van der Waals surface area contributed by atoms with E-state index in [0.29, 0.717) is 5.92 Å². The zero-order chi connectivity index (χ0) is 24.5. The lowest BCUT2D eigenvalue weighted by atomic mass is 10.0. The van der Waals surface area contributed by atoms with Crippen molar-refractivity contribution >= 4 is 17.8 Å². The Kier molecular flexibility index (Phi) is 8.44. The third-order valence-electron chi connectivity index (χ3n) is 5.95. The van der Waals surface area contributed by atoms with E-state index >= 15 is 0 Å². The molecule has 1 aliphatic rings. The van der Waals surface area contributed by atoms with Crippen LogP contribution in [0.15, 0.2) is 95.3 Å². The van der Waals surface area contributed by atoms with Gasteiger partial charge < -0.3 is 4.90 Å². The second-order valence-electron chi connectivity index (χ2n) is 8.86. The van der Waals surface area contributed by atoms with Crippen LogP contribution in [0.5, 0.6) is 0 Å². The fourth-order valence-corrected chi connectivity index (χ4v) is 3.93. The maximum Gasteiger partial charge on any atom is 0.269 e. The Bertz CT molecular complexity index is 1140.